The lowest BCUT2D eigenvalue weighted by atomic mass is 9.87. The van der Waals surface area contributed by atoms with Crippen LogP contribution in [0.5, 0.6) is 5.75 Å². The molecule has 0 radical (unpaired) electrons. The number of rotatable bonds is 8. The van der Waals surface area contributed by atoms with Gasteiger partial charge in [0.25, 0.3) is 0 Å². The number of benzene rings is 2. The van der Waals surface area contributed by atoms with Crippen LogP contribution in [0.15, 0.2) is 41.3 Å². The lowest BCUT2D eigenvalue weighted by Gasteiger charge is -2.42. The van der Waals surface area contributed by atoms with Gasteiger partial charge in [0.15, 0.2) is 0 Å². The molecular weight excluding hydrogens is 462 g/mol. The van der Waals surface area contributed by atoms with Crippen LogP contribution in [0.3, 0.4) is 0 Å². The molecule has 2 heterocycles. The highest BCUT2D eigenvalue weighted by molar-refractivity contribution is 7.86. The Labute approximate surface area is 199 Å². The Morgan fingerprint density at radius 3 is 2.62 bits per heavy atom. The summed E-state index contributed by atoms with van der Waals surface area (Å²) in [5.41, 5.74) is 1.18. The van der Waals surface area contributed by atoms with E-state index in [4.69, 9.17) is 4.74 Å². The van der Waals surface area contributed by atoms with Crippen molar-refractivity contribution >= 4 is 21.8 Å². The number of fused-ring (bicyclic) bond motifs is 1. The molecule has 1 N–H and O–H groups in total. The van der Waals surface area contributed by atoms with Gasteiger partial charge in [0.1, 0.15) is 23.2 Å². The molecule has 1 saturated heterocycles. The summed E-state index contributed by atoms with van der Waals surface area (Å²) in [6.07, 6.45) is 5.01. The van der Waals surface area contributed by atoms with Gasteiger partial charge in [-0.3, -0.25) is 9.69 Å². The molecule has 0 bridgehead atoms. The molecule has 2 aliphatic heterocycles. The highest BCUT2D eigenvalue weighted by atomic mass is 32.3. The lowest BCUT2D eigenvalue weighted by molar-refractivity contribution is -0.128. The molecule has 0 aromatic heterocycles. The summed E-state index contributed by atoms with van der Waals surface area (Å²) in [4.78, 5) is 14.8. The van der Waals surface area contributed by atoms with Gasteiger partial charge >= 0.3 is 10.2 Å². The van der Waals surface area contributed by atoms with E-state index in [0.717, 1.165) is 55.5 Å². The van der Waals surface area contributed by atoms with Crippen LogP contribution in [0.25, 0.3) is 0 Å². The predicted octanol–water partition coefficient (Wildman–Crippen LogP) is 4.93. The van der Waals surface area contributed by atoms with E-state index in [1.165, 1.54) is 24.3 Å². The predicted molar refractivity (Wildman–Crippen MR) is 126 cm³/mol. The lowest BCUT2D eigenvalue weighted by Crippen LogP contribution is -2.54. The first-order chi connectivity index (χ1) is 16.1. The Kier molecular flexibility index (Phi) is 6.96. The van der Waals surface area contributed by atoms with E-state index < -0.39 is 20.7 Å². The van der Waals surface area contributed by atoms with E-state index in [1.54, 1.807) is 0 Å². The average Bonchev–Trinajstić information content (AvgIpc) is 3.05. The van der Waals surface area contributed by atoms with E-state index in [9.17, 15) is 21.5 Å². The molecule has 1 fully saturated rings. The van der Waals surface area contributed by atoms with Gasteiger partial charge in [0, 0.05) is 17.8 Å². The van der Waals surface area contributed by atoms with Crippen LogP contribution in [0, 0.1) is 5.82 Å². The zero-order valence-corrected chi connectivity index (χ0v) is 20.3. The number of carbonyl (C=O) groups is 1. The van der Waals surface area contributed by atoms with Gasteiger partial charge in [-0.25, -0.2) is 4.39 Å². The molecule has 2 aliphatic rings. The van der Waals surface area contributed by atoms with E-state index in [2.05, 4.69) is 12.2 Å². The van der Waals surface area contributed by atoms with Gasteiger partial charge in [-0.15, -0.1) is 3.89 Å². The first-order valence-electron chi connectivity index (χ1n) is 11.7. The minimum Gasteiger partial charge on any atom is -0.489 e. The van der Waals surface area contributed by atoms with Crippen molar-refractivity contribution in [2.75, 3.05) is 18.4 Å². The highest BCUT2D eigenvalue weighted by Crippen LogP contribution is 2.44. The first kappa shape index (κ1) is 24.6. The van der Waals surface area contributed by atoms with Crippen LogP contribution in [-0.2, 0) is 27.0 Å². The smallest absolute Gasteiger partial charge is 0.332 e. The summed E-state index contributed by atoms with van der Waals surface area (Å²) < 4.78 is 55.8. The fourth-order valence-electron chi connectivity index (χ4n) is 4.94. The summed E-state index contributed by atoms with van der Waals surface area (Å²) in [6.45, 7) is 5.03. The molecule has 1 amide bonds. The van der Waals surface area contributed by atoms with E-state index in [1.807, 2.05) is 11.8 Å². The summed E-state index contributed by atoms with van der Waals surface area (Å²) >= 11 is 0. The number of halogens is 2. The molecule has 2 aromatic rings. The molecule has 0 aliphatic carbocycles. The van der Waals surface area contributed by atoms with Crippen molar-refractivity contribution in [1.82, 2.24) is 4.90 Å². The number of unbranched alkanes of at least 4 members (excludes halogenated alkanes) is 2. The van der Waals surface area contributed by atoms with E-state index in [-0.39, 0.29) is 17.8 Å². The van der Waals surface area contributed by atoms with Crippen molar-refractivity contribution in [2.45, 2.75) is 68.9 Å². The summed E-state index contributed by atoms with van der Waals surface area (Å²) in [5, 5.41) is 3.01. The van der Waals surface area contributed by atoms with Crippen LogP contribution in [0.2, 0.25) is 0 Å². The fourth-order valence-corrected chi connectivity index (χ4v) is 5.40. The number of ether oxygens (including phenoxy) is 1. The van der Waals surface area contributed by atoms with Gasteiger partial charge in [0.2, 0.25) is 5.91 Å². The third kappa shape index (κ3) is 4.81. The van der Waals surface area contributed by atoms with Crippen LogP contribution in [0.4, 0.5) is 14.0 Å². The first-order valence-corrected chi connectivity index (χ1v) is 13.1. The number of aryl methyl sites for hydroxylation is 1. The fraction of sp³-hybridized carbons (Fsp3) is 0.480. The van der Waals surface area contributed by atoms with Crippen molar-refractivity contribution in [1.29, 1.82) is 0 Å². The number of carbonyl (C=O) groups excluding carboxylic acids is 1. The quantitative estimate of drug-likeness (QED) is 0.418. The Hall–Kier alpha value is -2.52. The molecule has 0 unspecified atom stereocenters. The van der Waals surface area contributed by atoms with Gasteiger partial charge < -0.3 is 10.1 Å². The van der Waals surface area contributed by atoms with Crippen molar-refractivity contribution in [3.05, 3.63) is 53.3 Å². The number of piperidine rings is 1. The molecule has 9 heteroatoms. The second-order valence-electron chi connectivity index (χ2n) is 9.21. The number of hydrogen-bond acceptors (Lipinski definition) is 5. The van der Waals surface area contributed by atoms with Crippen molar-refractivity contribution < 1.29 is 26.2 Å². The Morgan fingerprint density at radius 1 is 1.21 bits per heavy atom. The largest absolute Gasteiger partial charge is 0.489 e. The zero-order chi connectivity index (χ0) is 24.5. The monoisotopic (exact) mass is 492 g/mol. The molecule has 2 atom stereocenters. The molecule has 2 aromatic carbocycles. The number of hydrogen-bond donors (Lipinski definition) is 1. The highest BCUT2D eigenvalue weighted by Gasteiger charge is 2.49. The molecule has 6 nitrogen and oxygen atoms in total. The van der Waals surface area contributed by atoms with Gasteiger partial charge in [0.05, 0.1) is 4.90 Å². The summed E-state index contributed by atoms with van der Waals surface area (Å²) in [5.74, 6) is -0.103. The van der Waals surface area contributed by atoms with Gasteiger partial charge in [-0.05, 0) is 81.1 Å². The molecule has 0 spiro atoms. The van der Waals surface area contributed by atoms with Crippen LogP contribution < -0.4 is 10.1 Å². The number of anilines is 1. The topological polar surface area (TPSA) is 75.7 Å². The molecule has 34 heavy (non-hydrogen) atoms. The molecule has 184 valence electrons. The third-order valence-corrected chi connectivity index (χ3v) is 7.69. The van der Waals surface area contributed by atoms with Crippen LogP contribution >= 0.6 is 0 Å². The molecule has 4 rings (SSSR count). The van der Waals surface area contributed by atoms with Crippen molar-refractivity contribution in [3.63, 3.8) is 0 Å². The molecule has 0 saturated carbocycles. The van der Waals surface area contributed by atoms with Crippen molar-refractivity contribution in [3.8, 4) is 5.75 Å². The maximum Gasteiger partial charge on any atom is 0.332 e. The summed E-state index contributed by atoms with van der Waals surface area (Å²) in [7, 11) is -4.77. The maximum atomic E-state index is 14.6. The zero-order valence-electron chi connectivity index (χ0n) is 19.4. The minimum atomic E-state index is -4.77. The molecular formula is C25H30F2N2O4S. The van der Waals surface area contributed by atoms with Crippen LogP contribution in [0.1, 0.15) is 57.1 Å². The van der Waals surface area contributed by atoms with Gasteiger partial charge in [-0.2, -0.15) is 8.42 Å². The normalized spacial score (nSPS) is 22.9. The number of amides is 1. The minimum absolute atomic E-state index is 0.178. The second-order valence-corrected chi connectivity index (χ2v) is 10.6. The summed E-state index contributed by atoms with van der Waals surface area (Å²) in [6, 6.07) is 8.14. The second kappa shape index (κ2) is 9.62. The average molecular weight is 493 g/mol. The van der Waals surface area contributed by atoms with E-state index in [0.29, 0.717) is 30.8 Å². The Morgan fingerprint density at radius 2 is 1.94 bits per heavy atom. The van der Waals surface area contributed by atoms with Crippen molar-refractivity contribution in [2.24, 2.45) is 0 Å². The Balaban J connectivity index is 1.55. The standard InChI is InChI=1S/C25H30F2N2O4S/c1-3-4-5-7-17-14-18(26)15-22-23(17)28-24(30)25(22,2)29-13-6-8-20(16-29)33-19-9-11-21(12-10-19)34(27,31)32/h9-12,14-15,20H,3-8,13,16H2,1-2H3,(H,28,30)/t20-,25-/m1/s1. The van der Waals surface area contributed by atoms with E-state index >= 15 is 0 Å². The Bertz CT molecular complexity index is 1170. The maximum absolute atomic E-state index is 14.6. The number of nitrogens with zero attached hydrogens (tertiary/aromatic N) is 1. The number of nitrogens with one attached hydrogen (secondary N) is 1. The van der Waals surface area contributed by atoms with Gasteiger partial charge in [-0.1, -0.05) is 19.8 Å². The number of likely N-dealkylation sites (tertiary alicyclic amines) is 1. The van der Waals surface area contributed by atoms with Crippen LogP contribution in [-0.4, -0.2) is 38.4 Å². The third-order valence-electron chi connectivity index (χ3n) is 6.86. The SMILES string of the molecule is CCCCCc1cc(F)cc2c1NC(=O)[C@]2(C)N1CCC[C@@H](Oc2ccc(S(=O)(=O)F)cc2)C1.